The number of anilines is 2. The molecule has 35 heavy (non-hydrogen) atoms. The third-order valence-electron chi connectivity index (χ3n) is 7.10. The maximum absolute atomic E-state index is 14.2. The number of para-hydroxylation sites is 1. The average molecular weight is 459 g/mol. The summed E-state index contributed by atoms with van der Waals surface area (Å²) in [5, 5.41) is 1.88. The highest BCUT2D eigenvalue weighted by atomic mass is 16.2. The van der Waals surface area contributed by atoms with Crippen LogP contribution in [0.3, 0.4) is 0 Å². The molecule has 0 fully saturated rings. The standard InChI is InChI=1S/C31H26N2O2/c1-20-16-17-24(21(2)19-20)28-29(32-18-8-12-23-10-4-6-14-26(23)32)31(35)33(30(28)34)27-15-7-11-22-9-3-5-13-25(22)27/h3-7,9-11,13-17,19H,8,12,18H2,1-2H3. The van der Waals surface area contributed by atoms with E-state index in [1.54, 1.807) is 0 Å². The zero-order valence-electron chi connectivity index (χ0n) is 19.9. The van der Waals surface area contributed by atoms with Crippen molar-refractivity contribution in [1.29, 1.82) is 0 Å². The lowest BCUT2D eigenvalue weighted by Gasteiger charge is -2.32. The quantitative estimate of drug-likeness (QED) is 0.344. The van der Waals surface area contributed by atoms with E-state index in [0.29, 0.717) is 23.5 Å². The lowest BCUT2D eigenvalue weighted by molar-refractivity contribution is -0.120. The molecule has 0 spiro atoms. The molecule has 0 aromatic heterocycles. The second-order valence-corrected chi connectivity index (χ2v) is 9.37. The van der Waals surface area contributed by atoms with Gasteiger partial charge in [-0.05, 0) is 60.9 Å². The van der Waals surface area contributed by atoms with E-state index in [1.165, 1.54) is 10.5 Å². The van der Waals surface area contributed by atoms with Gasteiger partial charge in [0.1, 0.15) is 5.70 Å². The molecular weight excluding hydrogens is 432 g/mol. The van der Waals surface area contributed by atoms with Gasteiger partial charge in [-0.2, -0.15) is 0 Å². The first-order valence-corrected chi connectivity index (χ1v) is 12.1. The molecule has 0 atom stereocenters. The molecule has 4 aromatic rings. The lowest BCUT2D eigenvalue weighted by Crippen LogP contribution is -2.37. The highest BCUT2D eigenvalue weighted by Crippen LogP contribution is 2.41. The SMILES string of the molecule is Cc1ccc(C2=C(N3CCCc4ccccc43)C(=O)N(c3cccc4ccccc34)C2=O)c(C)c1. The molecule has 0 saturated carbocycles. The van der Waals surface area contributed by atoms with E-state index < -0.39 is 0 Å². The van der Waals surface area contributed by atoms with Crippen molar-refractivity contribution in [3.63, 3.8) is 0 Å². The topological polar surface area (TPSA) is 40.6 Å². The van der Waals surface area contributed by atoms with Crippen LogP contribution in [0.2, 0.25) is 0 Å². The van der Waals surface area contributed by atoms with Gasteiger partial charge in [-0.1, -0.05) is 78.4 Å². The van der Waals surface area contributed by atoms with Crippen LogP contribution in [-0.4, -0.2) is 18.4 Å². The van der Waals surface area contributed by atoms with Gasteiger partial charge in [0.15, 0.2) is 0 Å². The fourth-order valence-electron chi connectivity index (χ4n) is 5.49. The van der Waals surface area contributed by atoms with Gasteiger partial charge in [-0.25, -0.2) is 4.90 Å². The summed E-state index contributed by atoms with van der Waals surface area (Å²) in [5.41, 5.74) is 6.73. The van der Waals surface area contributed by atoms with Crippen molar-refractivity contribution in [2.24, 2.45) is 0 Å². The molecule has 0 bridgehead atoms. The van der Waals surface area contributed by atoms with Gasteiger partial charge in [-0.3, -0.25) is 9.59 Å². The molecule has 0 radical (unpaired) electrons. The predicted molar refractivity (Wildman–Crippen MR) is 141 cm³/mol. The van der Waals surface area contributed by atoms with Crippen LogP contribution < -0.4 is 9.80 Å². The second kappa shape index (κ2) is 8.24. The fraction of sp³-hybridized carbons (Fsp3) is 0.161. The monoisotopic (exact) mass is 458 g/mol. The number of amides is 2. The van der Waals surface area contributed by atoms with Gasteiger partial charge in [-0.15, -0.1) is 0 Å². The molecule has 0 unspecified atom stereocenters. The van der Waals surface area contributed by atoms with E-state index in [-0.39, 0.29) is 11.8 Å². The molecule has 0 saturated heterocycles. The first-order valence-electron chi connectivity index (χ1n) is 12.1. The van der Waals surface area contributed by atoms with Gasteiger partial charge < -0.3 is 4.90 Å². The van der Waals surface area contributed by atoms with Gasteiger partial charge >= 0.3 is 0 Å². The van der Waals surface area contributed by atoms with E-state index in [2.05, 4.69) is 23.1 Å². The Hall–Kier alpha value is -4.18. The molecule has 4 heteroatoms. The number of carbonyl (C=O) groups excluding carboxylic acids is 2. The van der Waals surface area contributed by atoms with E-state index in [9.17, 15) is 9.59 Å². The Morgan fingerprint density at radius 2 is 1.49 bits per heavy atom. The molecule has 2 heterocycles. The number of hydrogen-bond donors (Lipinski definition) is 0. The summed E-state index contributed by atoms with van der Waals surface area (Å²) in [6.07, 6.45) is 1.89. The summed E-state index contributed by atoms with van der Waals surface area (Å²) in [6, 6.07) is 27.9. The van der Waals surface area contributed by atoms with Crippen molar-refractivity contribution in [1.82, 2.24) is 0 Å². The summed E-state index contributed by atoms with van der Waals surface area (Å²) >= 11 is 0. The molecular formula is C31H26N2O2. The molecule has 2 aliphatic heterocycles. The molecule has 172 valence electrons. The minimum atomic E-state index is -0.267. The molecule has 4 aromatic carbocycles. The Morgan fingerprint density at radius 3 is 2.34 bits per heavy atom. The van der Waals surface area contributed by atoms with Crippen LogP contribution in [0.25, 0.3) is 16.3 Å². The smallest absolute Gasteiger partial charge is 0.282 e. The van der Waals surface area contributed by atoms with Crippen molar-refractivity contribution in [2.75, 3.05) is 16.3 Å². The number of hydrogen-bond acceptors (Lipinski definition) is 3. The Morgan fingerprint density at radius 1 is 0.743 bits per heavy atom. The van der Waals surface area contributed by atoms with E-state index in [0.717, 1.165) is 46.0 Å². The van der Waals surface area contributed by atoms with Crippen LogP contribution in [0.1, 0.15) is 28.7 Å². The van der Waals surface area contributed by atoms with Crippen LogP contribution in [0.15, 0.2) is 90.6 Å². The highest BCUT2D eigenvalue weighted by molar-refractivity contribution is 6.47. The normalized spacial score (nSPS) is 15.8. The minimum Gasteiger partial charge on any atom is -0.336 e. The number of fused-ring (bicyclic) bond motifs is 2. The first kappa shape index (κ1) is 21.4. The lowest BCUT2D eigenvalue weighted by atomic mass is 9.95. The number of aryl methyl sites for hydroxylation is 3. The Kier molecular flexibility index (Phi) is 5.03. The van der Waals surface area contributed by atoms with Gasteiger partial charge in [0, 0.05) is 17.6 Å². The second-order valence-electron chi connectivity index (χ2n) is 9.37. The average Bonchev–Trinajstić information content (AvgIpc) is 3.12. The van der Waals surface area contributed by atoms with Crippen molar-refractivity contribution >= 4 is 39.5 Å². The van der Waals surface area contributed by atoms with Gasteiger partial charge in [0.2, 0.25) is 0 Å². The molecule has 0 N–H and O–H groups in total. The zero-order valence-corrected chi connectivity index (χ0v) is 19.9. The van der Waals surface area contributed by atoms with Gasteiger partial charge in [0.25, 0.3) is 11.8 Å². The molecule has 4 nitrogen and oxygen atoms in total. The highest BCUT2D eigenvalue weighted by Gasteiger charge is 2.44. The number of nitrogens with zero attached hydrogens (tertiary/aromatic N) is 2. The van der Waals surface area contributed by atoms with Crippen molar-refractivity contribution in [3.8, 4) is 0 Å². The maximum Gasteiger partial charge on any atom is 0.282 e. The van der Waals surface area contributed by atoms with E-state index in [1.807, 2.05) is 80.6 Å². The Bertz CT molecular complexity index is 1540. The summed E-state index contributed by atoms with van der Waals surface area (Å²) in [5.74, 6) is -0.533. The van der Waals surface area contributed by atoms with Crippen molar-refractivity contribution in [2.45, 2.75) is 26.7 Å². The number of imide groups is 1. The number of rotatable bonds is 3. The zero-order chi connectivity index (χ0) is 24.1. The van der Waals surface area contributed by atoms with Crippen LogP contribution in [0, 0.1) is 13.8 Å². The predicted octanol–water partition coefficient (Wildman–Crippen LogP) is 6.19. The van der Waals surface area contributed by atoms with Crippen molar-refractivity contribution in [3.05, 3.63) is 113 Å². The van der Waals surface area contributed by atoms with E-state index >= 15 is 0 Å². The number of benzene rings is 4. The fourth-order valence-corrected chi connectivity index (χ4v) is 5.49. The molecule has 0 aliphatic carbocycles. The van der Waals surface area contributed by atoms with Crippen LogP contribution in [0.5, 0.6) is 0 Å². The molecule has 6 rings (SSSR count). The summed E-state index contributed by atoms with van der Waals surface area (Å²) < 4.78 is 0. The summed E-state index contributed by atoms with van der Waals surface area (Å²) in [6.45, 7) is 4.75. The van der Waals surface area contributed by atoms with Crippen molar-refractivity contribution < 1.29 is 9.59 Å². The van der Waals surface area contributed by atoms with Crippen LogP contribution in [0.4, 0.5) is 11.4 Å². The van der Waals surface area contributed by atoms with Crippen LogP contribution >= 0.6 is 0 Å². The largest absolute Gasteiger partial charge is 0.336 e. The molecule has 2 amide bonds. The summed E-state index contributed by atoms with van der Waals surface area (Å²) in [7, 11) is 0. The third-order valence-corrected chi connectivity index (χ3v) is 7.10. The maximum atomic E-state index is 14.2. The molecule has 2 aliphatic rings. The number of carbonyl (C=O) groups is 2. The minimum absolute atomic E-state index is 0.266. The first-order chi connectivity index (χ1) is 17.0. The Labute approximate surface area is 205 Å². The van der Waals surface area contributed by atoms with Crippen LogP contribution in [-0.2, 0) is 16.0 Å². The van der Waals surface area contributed by atoms with E-state index in [4.69, 9.17) is 0 Å². The van der Waals surface area contributed by atoms with Gasteiger partial charge in [0.05, 0.1) is 11.3 Å². The summed E-state index contributed by atoms with van der Waals surface area (Å²) in [4.78, 5) is 31.9. The Balaban J connectivity index is 1.59. The third kappa shape index (κ3) is 3.36.